The van der Waals surface area contributed by atoms with Crippen LogP contribution in [0, 0.1) is 11.6 Å². The number of hydrogen-bond donors (Lipinski definition) is 2. The van der Waals surface area contributed by atoms with Crippen LogP contribution < -0.4 is 9.80 Å². The average molecular weight is 643 g/mol. The molecule has 44 heavy (non-hydrogen) atoms. The van der Waals surface area contributed by atoms with Gasteiger partial charge in [-0.05, 0) is 74.5 Å². The molecule has 4 aromatic carbocycles. The maximum atomic E-state index is 13.3. The molecule has 2 atom stereocenters. The Hall–Kier alpha value is -4.80. The molecule has 0 aromatic heterocycles. The normalized spacial score (nSPS) is 11.8. The van der Waals surface area contributed by atoms with E-state index in [-0.39, 0.29) is 21.4 Å². The number of aliphatic carboxylic acids is 2. The smallest absolute Gasteiger partial charge is 0.326 e. The third kappa shape index (κ3) is 8.18. The zero-order valence-corrected chi connectivity index (χ0v) is 24.8. The van der Waals surface area contributed by atoms with Gasteiger partial charge in [-0.3, -0.25) is 19.4 Å². The lowest BCUT2D eigenvalue weighted by Crippen LogP contribution is -2.43. The Morgan fingerprint density at radius 2 is 0.909 bits per heavy atom. The van der Waals surface area contributed by atoms with Gasteiger partial charge in [0.15, 0.2) is 0 Å². The van der Waals surface area contributed by atoms with Crippen molar-refractivity contribution in [1.82, 2.24) is 0 Å². The Kier molecular flexibility index (Phi) is 11.6. The number of hydrogen-bond acceptors (Lipinski definition) is 4. The SMILES string of the molecule is CC(C(=O)O)N(C(=O)c1ccccc1)c1ccc(F)c(Cl)c1.CC(C(=O)O)N(C(=O)c1ccccc1)c1ccc(F)c(Cl)c1. The van der Waals surface area contributed by atoms with Crippen molar-refractivity contribution in [3.63, 3.8) is 0 Å². The van der Waals surface area contributed by atoms with E-state index < -0.39 is 47.5 Å². The van der Waals surface area contributed by atoms with Crippen LogP contribution in [-0.2, 0) is 9.59 Å². The number of carboxylic acid groups (broad SMARTS) is 2. The van der Waals surface area contributed by atoms with E-state index >= 15 is 0 Å². The lowest BCUT2D eigenvalue weighted by molar-refractivity contribution is -0.139. The number of carboxylic acids is 2. The summed E-state index contributed by atoms with van der Waals surface area (Å²) in [6.07, 6.45) is 0. The van der Waals surface area contributed by atoms with Crippen molar-refractivity contribution in [2.75, 3.05) is 9.80 Å². The molecule has 0 fully saturated rings. The van der Waals surface area contributed by atoms with Gasteiger partial charge in [0.2, 0.25) is 0 Å². The van der Waals surface area contributed by atoms with E-state index in [2.05, 4.69) is 0 Å². The number of carbonyl (C=O) groups excluding carboxylic acids is 2. The summed E-state index contributed by atoms with van der Waals surface area (Å²) in [5.41, 5.74) is 1.09. The van der Waals surface area contributed by atoms with Gasteiger partial charge in [0.05, 0.1) is 10.0 Å². The fourth-order valence-electron chi connectivity index (χ4n) is 3.96. The summed E-state index contributed by atoms with van der Waals surface area (Å²) in [6, 6.07) is 21.5. The maximum absolute atomic E-state index is 13.3. The minimum Gasteiger partial charge on any atom is -0.480 e. The van der Waals surface area contributed by atoms with Crippen molar-refractivity contribution in [1.29, 1.82) is 0 Å². The van der Waals surface area contributed by atoms with Crippen LogP contribution >= 0.6 is 23.2 Å². The number of benzene rings is 4. The van der Waals surface area contributed by atoms with Gasteiger partial charge in [0, 0.05) is 22.5 Å². The van der Waals surface area contributed by atoms with E-state index in [0.29, 0.717) is 11.1 Å². The Balaban J connectivity index is 0.000000240. The molecule has 4 rings (SSSR count). The molecule has 2 amide bonds. The Labute approximate surface area is 261 Å². The van der Waals surface area contributed by atoms with E-state index in [1.807, 2.05) is 0 Å². The summed E-state index contributed by atoms with van der Waals surface area (Å²) in [5.74, 6) is -4.63. The first kappa shape index (κ1) is 33.7. The van der Waals surface area contributed by atoms with Crippen molar-refractivity contribution in [3.8, 4) is 0 Å². The van der Waals surface area contributed by atoms with Crippen LogP contribution in [0.5, 0.6) is 0 Å². The number of rotatable bonds is 8. The molecule has 0 saturated heterocycles. The summed E-state index contributed by atoms with van der Waals surface area (Å²) in [7, 11) is 0. The fraction of sp³-hybridized carbons (Fsp3) is 0.125. The molecule has 0 aliphatic rings. The molecule has 4 aromatic rings. The van der Waals surface area contributed by atoms with Crippen LogP contribution in [0.1, 0.15) is 34.6 Å². The second kappa shape index (κ2) is 15.1. The molecule has 0 aliphatic carbocycles. The predicted octanol–water partition coefficient (Wildman–Crippen LogP) is 7.20. The molecule has 0 bridgehead atoms. The molecule has 12 heteroatoms. The maximum Gasteiger partial charge on any atom is 0.326 e. The lowest BCUT2D eigenvalue weighted by Gasteiger charge is -2.27. The van der Waals surface area contributed by atoms with Gasteiger partial charge in [-0.2, -0.15) is 0 Å². The number of nitrogens with zero attached hydrogens (tertiary/aromatic N) is 2. The standard InChI is InChI=1S/2C16H13ClFNO3/c2*1-10(16(21)22)19(12-7-8-14(18)13(17)9-12)15(20)11-5-3-2-4-6-11/h2*2-10H,1H3,(H,21,22). The van der Waals surface area contributed by atoms with Gasteiger partial charge in [-0.25, -0.2) is 18.4 Å². The van der Waals surface area contributed by atoms with Crippen molar-refractivity contribution in [2.45, 2.75) is 25.9 Å². The molecule has 0 heterocycles. The van der Waals surface area contributed by atoms with Crippen LogP contribution in [0.4, 0.5) is 20.2 Å². The summed E-state index contributed by atoms with van der Waals surface area (Å²) in [5, 5.41) is 18.1. The number of amides is 2. The first-order valence-corrected chi connectivity index (χ1v) is 13.7. The molecule has 2 N–H and O–H groups in total. The van der Waals surface area contributed by atoms with Gasteiger partial charge in [-0.1, -0.05) is 59.6 Å². The van der Waals surface area contributed by atoms with Crippen molar-refractivity contribution in [2.24, 2.45) is 0 Å². The average Bonchev–Trinajstić information content (AvgIpc) is 3.01. The largest absolute Gasteiger partial charge is 0.480 e. The Morgan fingerprint density at radius 1 is 0.591 bits per heavy atom. The van der Waals surface area contributed by atoms with Crippen LogP contribution in [0.15, 0.2) is 97.1 Å². The molecule has 0 saturated carbocycles. The van der Waals surface area contributed by atoms with Crippen molar-refractivity contribution in [3.05, 3.63) is 130 Å². The number of carbonyl (C=O) groups is 4. The lowest BCUT2D eigenvalue weighted by atomic mass is 10.1. The van der Waals surface area contributed by atoms with Gasteiger partial charge in [-0.15, -0.1) is 0 Å². The minimum absolute atomic E-state index is 0.180. The topological polar surface area (TPSA) is 115 Å². The van der Waals surface area contributed by atoms with Crippen LogP contribution in [0.25, 0.3) is 0 Å². The third-order valence-electron chi connectivity index (χ3n) is 6.33. The van der Waals surface area contributed by atoms with Crippen LogP contribution in [0.3, 0.4) is 0 Å². The van der Waals surface area contributed by atoms with Gasteiger partial charge in [0.1, 0.15) is 23.7 Å². The third-order valence-corrected chi connectivity index (χ3v) is 6.91. The van der Waals surface area contributed by atoms with E-state index in [9.17, 15) is 38.2 Å². The first-order valence-electron chi connectivity index (χ1n) is 13.0. The highest BCUT2D eigenvalue weighted by molar-refractivity contribution is 6.31. The Bertz CT molecular complexity index is 1530. The highest BCUT2D eigenvalue weighted by Crippen LogP contribution is 2.27. The van der Waals surface area contributed by atoms with E-state index in [1.165, 1.54) is 38.1 Å². The molecular weight excluding hydrogens is 617 g/mol. The summed E-state index contributed by atoms with van der Waals surface area (Å²) in [4.78, 5) is 50.0. The van der Waals surface area contributed by atoms with Gasteiger partial charge < -0.3 is 10.2 Å². The molecule has 228 valence electrons. The minimum atomic E-state index is -1.18. The molecule has 0 radical (unpaired) electrons. The summed E-state index contributed by atoms with van der Waals surface area (Å²) in [6.45, 7) is 2.75. The van der Waals surface area contributed by atoms with Crippen molar-refractivity contribution < 1.29 is 38.2 Å². The first-order chi connectivity index (χ1) is 20.8. The van der Waals surface area contributed by atoms with E-state index in [1.54, 1.807) is 60.7 Å². The second-order valence-corrected chi connectivity index (χ2v) is 10.1. The summed E-state index contributed by atoms with van der Waals surface area (Å²) >= 11 is 11.5. The van der Waals surface area contributed by atoms with Gasteiger partial charge >= 0.3 is 11.9 Å². The zero-order chi connectivity index (χ0) is 32.6. The highest BCUT2D eigenvalue weighted by atomic mass is 35.5. The molecule has 2 unspecified atom stereocenters. The zero-order valence-electron chi connectivity index (χ0n) is 23.3. The van der Waals surface area contributed by atoms with E-state index in [4.69, 9.17) is 23.2 Å². The number of anilines is 2. The quantitative estimate of drug-likeness (QED) is 0.210. The van der Waals surface area contributed by atoms with Crippen molar-refractivity contribution >= 4 is 58.3 Å². The second-order valence-electron chi connectivity index (χ2n) is 9.31. The molecule has 0 spiro atoms. The van der Waals surface area contributed by atoms with Crippen LogP contribution in [0.2, 0.25) is 10.0 Å². The molecule has 8 nitrogen and oxygen atoms in total. The fourth-order valence-corrected chi connectivity index (χ4v) is 4.31. The monoisotopic (exact) mass is 642 g/mol. The van der Waals surface area contributed by atoms with E-state index in [0.717, 1.165) is 21.9 Å². The van der Waals surface area contributed by atoms with Crippen LogP contribution in [-0.4, -0.2) is 46.0 Å². The summed E-state index contributed by atoms with van der Waals surface area (Å²) < 4.78 is 26.6. The molecule has 0 aliphatic heterocycles. The Morgan fingerprint density at radius 3 is 1.18 bits per heavy atom. The predicted molar refractivity (Wildman–Crippen MR) is 164 cm³/mol. The molecular formula is C32H26Cl2F2N2O6. The number of halogens is 4. The van der Waals surface area contributed by atoms with Gasteiger partial charge in [0.25, 0.3) is 11.8 Å². The highest BCUT2D eigenvalue weighted by Gasteiger charge is 2.29.